The maximum absolute atomic E-state index is 10.8. The molecule has 0 rings (SSSR count). The Hall–Kier alpha value is -0.810. The summed E-state index contributed by atoms with van der Waals surface area (Å²) in [5.74, 6) is 0. The van der Waals surface area contributed by atoms with Crippen molar-refractivity contribution in [2.24, 2.45) is 0 Å². The van der Waals surface area contributed by atoms with Gasteiger partial charge in [0.25, 0.3) is 0 Å². The predicted molar refractivity (Wildman–Crippen MR) is 48.5 cm³/mol. The van der Waals surface area contributed by atoms with Gasteiger partial charge in [0.1, 0.15) is 0 Å². The highest BCUT2D eigenvalue weighted by Gasteiger charge is 2.01. The van der Waals surface area contributed by atoms with Crippen molar-refractivity contribution in [2.45, 2.75) is 25.7 Å². The fourth-order valence-corrected chi connectivity index (χ4v) is 0.900. The molecule has 0 radical (unpaired) electrons. The topological polar surface area (TPSA) is 72.8 Å². The number of hydroxylamine groups is 2. The fourth-order valence-electron chi connectivity index (χ4n) is 0.900. The predicted octanol–water partition coefficient (Wildman–Crippen LogP) is 0.570. The first-order valence-corrected chi connectivity index (χ1v) is 4.49. The maximum Gasteiger partial charge on any atom is 0.340 e. The highest BCUT2D eigenvalue weighted by Crippen LogP contribution is 1.97. The number of urea groups is 1. The van der Waals surface area contributed by atoms with E-state index in [1.165, 1.54) is 7.05 Å². The summed E-state index contributed by atoms with van der Waals surface area (Å²) in [5, 5.41) is 20.2. The number of hydrogen-bond donors (Lipinski definition) is 3. The molecule has 0 spiro atoms. The molecule has 0 fully saturated rings. The first-order chi connectivity index (χ1) is 6.18. The van der Waals surface area contributed by atoms with Gasteiger partial charge in [-0.1, -0.05) is 12.8 Å². The summed E-state index contributed by atoms with van der Waals surface area (Å²) in [5.41, 5.74) is 0. The third-order valence-electron chi connectivity index (χ3n) is 1.66. The number of carbonyl (C=O) groups excluding carboxylic acids is 1. The van der Waals surface area contributed by atoms with Crippen molar-refractivity contribution in [3.8, 4) is 0 Å². The SMILES string of the molecule is CN(O)C(=O)NCCCCCCO. The minimum Gasteiger partial charge on any atom is -0.396 e. The van der Waals surface area contributed by atoms with E-state index in [-0.39, 0.29) is 6.61 Å². The van der Waals surface area contributed by atoms with Gasteiger partial charge in [-0.05, 0) is 12.8 Å². The molecule has 78 valence electrons. The molecule has 0 bridgehead atoms. The summed E-state index contributed by atoms with van der Waals surface area (Å²) in [6.45, 7) is 0.793. The van der Waals surface area contributed by atoms with E-state index in [0.717, 1.165) is 25.7 Å². The average molecular weight is 190 g/mol. The minimum atomic E-state index is -0.484. The van der Waals surface area contributed by atoms with Crippen LogP contribution in [0.3, 0.4) is 0 Å². The second-order valence-electron chi connectivity index (χ2n) is 2.89. The summed E-state index contributed by atoms with van der Waals surface area (Å²) in [7, 11) is 1.28. The lowest BCUT2D eigenvalue weighted by molar-refractivity contribution is -0.0182. The molecule has 0 heterocycles. The van der Waals surface area contributed by atoms with Crippen molar-refractivity contribution in [3.05, 3.63) is 0 Å². The Morgan fingerprint density at radius 3 is 2.46 bits per heavy atom. The summed E-state index contributed by atoms with van der Waals surface area (Å²) in [6, 6.07) is -0.484. The maximum atomic E-state index is 10.8. The highest BCUT2D eigenvalue weighted by atomic mass is 16.5. The Balaban J connectivity index is 3.12. The van der Waals surface area contributed by atoms with E-state index in [0.29, 0.717) is 11.6 Å². The van der Waals surface area contributed by atoms with Gasteiger partial charge >= 0.3 is 6.03 Å². The largest absolute Gasteiger partial charge is 0.396 e. The standard InChI is InChI=1S/C8H18N2O3/c1-10(13)8(12)9-6-4-2-3-5-7-11/h11,13H,2-7H2,1H3,(H,9,12). The van der Waals surface area contributed by atoms with Crippen LogP contribution in [0.5, 0.6) is 0 Å². The van der Waals surface area contributed by atoms with Crippen LogP contribution in [0.15, 0.2) is 0 Å². The Labute approximate surface area is 78.3 Å². The Morgan fingerprint density at radius 1 is 1.31 bits per heavy atom. The molecule has 13 heavy (non-hydrogen) atoms. The second-order valence-corrected chi connectivity index (χ2v) is 2.89. The number of aliphatic hydroxyl groups is 1. The van der Waals surface area contributed by atoms with Gasteiger partial charge in [-0.2, -0.15) is 0 Å². The molecule has 0 unspecified atom stereocenters. The number of rotatable bonds is 6. The molecule has 0 aromatic rings. The molecule has 0 saturated carbocycles. The summed E-state index contributed by atoms with van der Waals surface area (Å²) in [4.78, 5) is 10.8. The Kier molecular flexibility index (Phi) is 7.33. The monoisotopic (exact) mass is 190 g/mol. The number of unbranched alkanes of at least 4 members (excludes halogenated alkanes) is 3. The van der Waals surface area contributed by atoms with E-state index in [1.54, 1.807) is 0 Å². The zero-order valence-electron chi connectivity index (χ0n) is 7.99. The van der Waals surface area contributed by atoms with Crippen LogP contribution in [0.2, 0.25) is 0 Å². The van der Waals surface area contributed by atoms with Gasteiger partial charge in [0.05, 0.1) is 0 Å². The van der Waals surface area contributed by atoms with Crippen LogP contribution in [0.1, 0.15) is 25.7 Å². The van der Waals surface area contributed by atoms with Crippen LogP contribution >= 0.6 is 0 Å². The van der Waals surface area contributed by atoms with Gasteiger partial charge in [-0.25, -0.2) is 9.86 Å². The van der Waals surface area contributed by atoms with Crippen molar-refractivity contribution in [1.82, 2.24) is 10.4 Å². The molecule has 0 aliphatic heterocycles. The van der Waals surface area contributed by atoms with Crippen molar-refractivity contribution in [1.29, 1.82) is 0 Å². The van der Waals surface area contributed by atoms with Gasteiger partial charge < -0.3 is 10.4 Å². The lowest BCUT2D eigenvalue weighted by atomic mass is 10.2. The van der Waals surface area contributed by atoms with E-state index in [4.69, 9.17) is 10.3 Å². The third-order valence-corrected chi connectivity index (χ3v) is 1.66. The smallest absolute Gasteiger partial charge is 0.340 e. The average Bonchev–Trinajstić information content (AvgIpc) is 2.10. The molecular weight excluding hydrogens is 172 g/mol. The van der Waals surface area contributed by atoms with Crippen molar-refractivity contribution >= 4 is 6.03 Å². The highest BCUT2D eigenvalue weighted by molar-refractivity contribution is 5.72. The number of hydrogen-bond acceptors (Lipinski definition) is 3. The van der Waals surface area contributed by atoms with Crippen LogP contribution in [0, 0.1) is 0 Å². The third kappa shape index (κ3) is 7.55. The van der Waals surface area contributed by atoms with Crippen molar-refractivity contribution in [2.75, 3.05) is 20.2 Å². The first-order valence-electron chi connectivity index (χ1n) is 4.49. The Morgan fingerprint density at radius 2 is 1.92 bits per heavy atom. The van der Waals surface area contributed by atoms with Gasteiger partial charge in [0.15, 0.2) is 0 Å². The molecule has 0 aliphatic carbocycles. The molecular formula is C8H18N2O3. The molecule has 0 atom stereocenters. The first kappa shape index (κ1) is 12.2. The van der Waals surface area contributed by atoms with Gasteiger partial charge in [0.2, 0.25) is 0 Å². The van der Waals surface area contributed by atoms with Crippen LogP contribution in [-0.4, -0.2) is 41.6 Å². The summed E-state index contributed by atoms with van der Waals surface area (Å²) < 4.78 is 0. The number of amides is 2. The Bertz CT molecular complexity index is 139. The van der Waals surface area contributed by atoms with E-state index in [2.05, 4.69) is 5.32 Å². The molecule has 5 heteroatoms. The van der Waals surface area contributed by atoms with Crippen LogP contribution in [0.4, 0.5) is 4.79 Å². The molecule has 3 N–H and O–H groups in total. The van der Waals surface area contributed by atoms with Crippen LogP contribution < -0.4 is 5.32 Å². The fraction of sp³-hybridized carbons (Fsp3) is 0.875. The van der Waals surface area contributed by atoms with Crippen LogP contribution in [-0.2, 0) is 0 Å². The zero-order chi connectivity index (χ0) is 10.1. The van der Waals surface area contributed by atoms with E-state index in [9.17, 15) is 4.79 Å². The van der Waals surface area contributed by atoms with E-state index in [1.807, 2.05) is 0 Å². The van der Waals surface area contributed by atoms with Gasteiger partial charge in [-0.3, -0.25) is 5.21 Å². The lowest BCUT2D eigenvalue weighted by Crippen LogP contribution is -2.35. The number of aliphatic hydroxyl groups excluding tert-OH is 1. The second kappa shape index (κ2) is 7.82. The minimum absolute atomic E-state index is 0.228. The summed E-state index contributed by atoms with van der Waals surface area (Å²) >= 11 is 0. The van der Waals surface area contributed by atoms with Gasteiger partial charge in [0, 0.05) is 20.2 Å². The number of nitrogens with zero attached hydrogens (tertiary/aromatic N) is 1. The van der Waals surface area contributed by atoms with Crippen molar-refractivity contribution in [3.63, 3.8) is 0 Å². The quantitative estimate of drug-likeness (QED) is 0.326. The summed E-state index contributed by atoms with van der Waals surface area (Å²) in [6.07, 6.45) is 3.64. The van der Waals surface area contributed by atoms with E-state index >= 15 is 0 Å². The number of nitrogens with one attached hydrogen (secondary N) is 1. The lowest BCUT2D eigenvalue weighted by Gasteiger charge is -2.09. The number of carbonyl (C=O) groups is 1. The normalized spacial score (nSPS) is 9.77. The molecule has 0 aliphatic rings. The molecule has 0 aromatic heterocycles. The van der Waals surface area contributed by atoms with Crippen molar-refractivity contribution < 1.29 is 15.1 Å². The zero-order valence-corrected chi connectivity index (χ0v) is 7.99. The molecule has 0 saturated heterocycles. The molecule has 2 amide bonds. The van der Waals surface area contributed by atoms with Gasteiger partial charge in [-0.15, -0.1) is 0 Å². The molecule has 5 nitrogen and oxygen atoms in total. The van der Waals surface area contributed by atoms with E-state index < -0.39 is 6.03 Å². The van der Waals surface area contributed by atoms with Crippen LogP contribution in [0.25, 0.3) is 0 Å². The molecule has 0 aromatic carbocycles.